The molecule has 0 atom stereocenters. The number of hydrogen-bond acceptors (Lipinski definition) is 4. The summed E-state index contributed by atoms with van der Waals surface area (Å²) in [6.07, 6.45) is 1.63. The molecule has 0 aliphatic rings. The first-order chi connectivity index (χ1) is 12.3. The number of fused-ring (bicyclic) bond motifs is 1. The maximum atomic E-state index is 13.3. The molecule has 1 amide bonds. The third kappa shape index (κ3) is 3.64. The number of primary sulfonamides is 1. The van der Waals surface area contributed by atoms with E-state index in [2.05, 4.69) is 11.6 Å². The Morgan fingerprint density at radius 2 is 2.08 bits per heavy atom. The van der Waals surface area contributed by atoms with Crippen LogP contribution in [0.4, 0.5) is 4.39 Å². The summed E-state index contributed by atoms with van der Waals surface area (Å²) in [5.74, 6) is -1.13. The zero-order chi connectivity index (χ0) is 18.9. The first-order valence-corrected chi connectivity index (χ1v) is 9.77. The molecule has 3 rings (SSSR count). The zero-order valence-electron chi connectivity index (χ0n) is 13.4. The average Bonchev–Trinajstić information content (AvgIpc) is 2.91. The normalized spacial score (nSPS) is 12.5. The Morgan fingerprint density at radius 3 is 2.73 bits per heavy atom. The van der Waals surface area contributed by atoms with Gasteiger partial charge in [-0.25, -0.2) is 17.9 Å². The van der Waals surface area contributed by atoms with Crippen LogP contribution >= 0.6 is 11.3 Å². The molecule has 0 fully saturated rings. The lowest BCUT2D eigenvalue weighted by Gasteiger charge is -2.02. The number of sulfonamides is 1. The molecule has 0 spiro atoms. The van der Waals surface area contributed by atoms with Gasteiger partial charge in [-0.2, -0.15) is 4.99 Å². The molecule has 0 aliphatic heterocycles. The molecule has 2 aromatic carbocycles. The van der Waals surface area contributed by atoms with Crippen molar-refractivity contribution in [3.8, 4) is 0 Å². The van der Waals surface area contributed by atoms with Crippen LogP contribution < -0.4 is 9.94 Å². The predicted octanol–water partition coefficient (Wildman–Crippen LogP) is 2.42. The number of halogens is 1. The van der Waals surface area contributed by atoms with Gasteiger partial charge in [0.15, 0.2) is 4.80 Å². The van der Waals surface area contributed by atoms with Gasteiger partial charge in [-0.15, -0.1) is 6.58 Å². The van der Waals surface area contributed by atoms with Gasteiger partial charge in [-0.1, -0.05) is 23.5 Å². The Morgan fingerprint density at radius 1 is 1.31 bits per heavy atom. The van der Waals surface area contributed by atoms with E-state index in [1.165, 1.54) is 30.3 Å². The summed E-state index contributed by atoms with van der Waals surface area (Å²) >= 11 is 1.14. The Hall–Kier alpha value is -2.62. The molecule has 26 heavy (non-hydrogen) atoms. The molecular weight excluding hydrogens is 377 g/mol. The van der Waals surface area contributed by atoms with Crippen molar-refractivity contribution in [2.24, 2.45) is 10.1 Å². The zero-order valence-corrected chi connectivity index (χ0v) is 15.1. The Labute approximate surface area is 152 Å². The number of carbonyl (C=O) groups excluding carboxylic acids is 1. The van der Waals surface area contributed by atoms with E-state index in [0.29, 0.717) is 21.6 Å². The second kappa shape index (κ2) is 6.94. The van der Waals surface area contributed by atoms with Crippen LogP contribution in [0, 0.1) is 5.82 Å². The van der Waals surface area contributed by atoms with Crippen molar-refractivity contribution in [2.45, 2.75) is 11.4 Å². The van der Waals surface area contributed by atoms with E-state index in [1.807, 2.05) is 0 Å². The average molecular weight is 391 g/mol. The number of benzene rings is 2. The summed E-state index contributed by atoms with van der Waals surface area (Å²) < 4.78 is 38.7. The smallest absolute Gasteiger partial charge is 0.279 e. The van der Waals surface area contributed by atoms with E-state index in [0.717, 1.165) is 17.4 Å². The van der Waals surface area contributed by atoms with E-state index in [4.69, 9.17) is 5.14 Å². The lowest BCUT2D eigenvalue weighted by Crippen LogP contribution is -2.16. The molecular formula is C17H14FN3O3S2. The van der Waals surface area contributed by atoms with Crippen molar-refractivity contribution in [1.29, 1.82) is 0 Å². The van der Waals surface area contributed by atoms with Crippen LogP contribution in [0.3, 0.4) is 0 Å². The fourth-order valence-corrected chi connectivity index (χ4v) is 4.09. The highest BCUT2D eigenvalue weighted by Crippen LogP contribution is 2.21. The first-order valence-electron chi connectivity index (χ1n) is 7.41. The number of hydrogen-bond donors (Lipinski definition) is 1. The number of aromatic nitrogens is 1. The topological polar surface area (TPSA) is 94.5 Å². The van der Waals surface area contributed by atoms with Gasteiger partial charge in [0.2, 0.25) is 10.0 Å². The van der Waals surface area contributed by atoms with Gasteiger partial charge in [0.1, 0.15) is 5.82 Å². The SMILES string of the molecule is C=CCn1c(=NC(=O)c2cccc(F)c2)sc2cc(S(N)(=O)=O)ccc21. The van der Waals surface area contributed by atoms with Crippen molar-refractivity contribution in [1.82, 2.24) is 4.57 Å². The van der Waals surface area contributed by atoms with E-state index in [9.17, 15) is 17.6 Å². The summed E-state index contributed by atoms with van der Waals surface area (Å²) in [6.45, 7) is 4.05. The fourth-order valence-electron chi connectivity index (χ4n) is 2.39. The number of rotatable bonds is 4. The minimum atomic E-state index is -3.84. The van der Waals surface area contributed by atoms with Crippen LogP contribution in [-0.2, 0) is 16.6 Å². The number of nitrogens with zero attached hydrogens (tertiary/aromatic N) is 2. The molecule has 0 unspecified atom stereocenters. The summed E-state index contributed by atoms with van der Waals surface area (Å²) in [6, 6.07) is 9.67. The minimum absolute atomic E-state index is 0.0278. The Bertz CT molecular complexity index is 1190. The highest BCUT2D eigenvalue weighted by atomic mass is 32.2. The first kappa shape index (κ1) is 18.2. The van der Waals surface area contributed by atoms with Gasteiger partial charge in [0.05, 0.1) is 15.1 Å². The van der Waals surface area contributed by atoms with E-state index >= 15 is 0 Å². The molecule has 6 nitrogen and oxygen atoms in total. The number of amides is 1. The molecule has 0 aliphatic carbocycles. The molecule has 1 aromatic heterocycles. The number of carbonyl (C=O) groups is 1. The quantitative estimate of drug-likeness (QED) is 0.692. The maximum Gasteiger partial charge on any atom is 0.279 e. The summed E-state index contributed by atoms with van der Waals surface area (Å²) in [5, 5.41) is 5.16. The van der Waals surface area contributed by atoms with Gasteiger partial charge >= 0.3 is 0 Å². The Balaban J connectivity index is 2.19. The van der Waals surface area contributed by atoms with Gasteiger partial charge in [0, 0.05) is 12.1 Å². The molecule has 0 saturated heterocycles. The second-order valence-electron chi connectivity index (χ2n) is 5.39. The van der Waals surface area contributed by atoms with Crippen LogP contribution in [-0.4, -0.2) is 18.9 Å². The number of thiazole rings is 1. The molecule has 0 radical (unpaired) electrons. The molecule has 134 valence electrons. The Kier molecular flexibility index (Phi) is 4.86. The van der Waals surface area contributed by atoms with Crippen molar-refractivity contribution in [3.63, 3.8) is 0 Å². The fraction of sp³-hybridized carbons (Fsp3) is 0.0588. The monoisotopic (exact) mass is 391 g/mol. The molecule has 0 bridgehead atoms. The third-order valence-electron chi connectivity index (χ3n) is 3.56. The predicted molar refractivity (Wildman–Crippen MR) is 97.7 cm³/mol. The van der Waals surface area contributed by atoms with Crippen molar-refractivity contribution in [2.75, 3.05) is 0 Å². The van der Waals surface area contributed by atoms with E-state index in [1.54, 1.807) is 16.7 Å². The van der Waals surface area contributed by atoms with Crippen molar-refractivity contribution in [3.05, 3.63) is 71.3 Å². The van der Waals surface area contributed by atoms with Gasteiger partial charge in [0.25, 0.3) is 5.91 Å². The highest BCUT2D eigenvalue weighted by Gasteiger charge is 2.13. The van der Waals surface area contributed by atoms with Crippen LogP contribution in [0.2, 0.25) is 0 Å². The largest absolute Gasteiger partial charge is 0.312 e. The lowest BCUT2D eigenvalue weighted by atomic mass is 10.2. The number of allylic oxidation sites excluding steroid dienone is 1. The highest BCUT2D eigenvalue weighted by molar-refractivity contribution is 7.89. The molecule has 3 aromatic rings. The standard InChI is InChI=1S/C17H14FN3O3S2/c1-2-8-21-14-7-6-13(26(19,23)24)10-15(14)25-17(21)20-16(22)11-4-3-5-12(18)9-11/h2-7,9-10H,1,8H2,(H2,19,23,24). The van der Waals surface area contributed by atoms with Gasteiger partial charge < -0.3 is 4.57 Å². The second-order valence-corrected chi connectivity index (χ2v) is 7.96. The van der Waals surface area contributed by atoms with Crippen molar-refractivity contribution >= 4 is 37.5 Å². The molecule has 9 heteroatoms. The van der Waals surface area contributed by atoms with Crippen LogP contribution in [0.1, 0.15) is 10.4 Å². The van der Waals surface area contributed by atoms with Crippen LogP contribution in [0.5, 0.6) is 0 Å². The third-order valence-corrected chi connectivity index (χ3v) is 5.52. The van der Waals surface area contributed by atoms with Crippen molar-refractivity contribution < 1.29 is 17.6 Å². The van der Waals surface area contributed by atoms with E-state index < -0.39 is 21.7 Å². The summed E-state index contributed by atoms with van der Waals surface area (Å²) in [7, 11) is -3.84. The molecule has 0 saturated carbocycles. The van der Waals surface area contributed by atoms with Gasteiger partial charge in [-0.05, 0) is 36.4 Å². The lowest BCUT2D eigenvalue weighted by molar-refractivity contribution is 0.0997. The van der Waals surface area contributed by atoms with E-state index in [-0.39, 0.29) is 10.5 Å². The molecule has 2 N–H and O–H groups in total. The van der Waals surface area contributed by atoms with Crippen LogP contribution in [0.25, 0.3) is 10.2 Å². The molecule has 1 heterocycles. The summed E-state index contributed by atoms with van der Waals surface area (Å²) in [5.41, 5.74) is 0.811. The number of nitrogens with two attached hydrogens (primary N) is 1. The van der Waals surface area contributed by atoms with Gasteiger partial charge in [-0.3, -0.25) is 4.79 Å². The van der Waals surface area contributed by atoms with Crippen LogP contribution in [0.15, 0.2) is 65.0 Å². The summed E-state index contributed by atoms with van der Waals surface area (Å²) in [4.78, 5) is 16.7. The minimum Gasteiger partial charge on any atom is -0.312 e. The maximum absolute atomic E-state index is 13.3.